The molecule has 1 N–H and O–H groups in total. The number of anilines is 3. The van der Waals surface area contributed by atoms with Crippen molar-refractivity contribution in [2.75, 3.05) is 41.8 Å². The smallest absolute Gasteiger partial charge is 0.232 e. The molecule has 2 aliphatic heterocycles. The lowest BCUT2D eigenvalue weighted by molar-refractivity contribution is 0.567. The van der Waals surface area contributed by atoms with Crippen molar-refractivity contribution < 1.29 is 0 Å². The molecule has 3 rings (SSSR count). The first-order chi connectivity index (χ1) is 10.2. The van der Waals surface area contributed by atoms with Crippen molar-refractivity contribution in [1.82, 2.24) is 15.0 Å². The average Bonchev–Trinajstić information content (AvgIpc) is 2.86. The maximum atomic E-state index is 4.76. The van der Waals surface area contributed by atoms with Crippen molar-refractivity contribution in [2.45, 2.75) is 45.6 Å². The summed E-state index contributed by atoms with van der Waals surface area (Å²) in [5.74, 6) is 3.03. The van der Waals surface area contributed by atoms with Crippen LogP contribution in [0.15, 0.2) is 0 Å². The fourth-order valence-electron chi connectivity index (χ4n) is 3.41. The van der Waals surface area contributed by atoms with E-state index in [-0.39, 0.29) is 0 Å². The molecule has 2 unspecified atom stereocenters. The predicted molar refractivity (Wildman–Crippen MR) is 86.0 cm³/mol. The van der Waals surface area contributed by atoms with Crippen LogP contribution in [0.4, 0.5) is 17.8 Å². The molecule has 0 aliphatic carbocycles. The van der Waals surface area contributed by atoms with Crippen LogP contribution in [-0.4, -0.2) is 47.7 Å². The first kappa shape index (κ1) is 14.4. The van der Waals surface area contributed by atoms with Gasteiger partial charge in [0.05, 0.1) is 0 Å². The van der Waals surface area contributed by atoms with E-state index in [1.165, 1.54) is 25.7 Å². The van der Waals surface area contributed by atoms with Crippen LogP contribution in [0.25, 0.3) is 0 Å². The SMILES string of the molecule is CNc1nc(N2CCCCC2)nc(N2CC(C)CC2C)n1. The largest absolute Gasteiger partial charge is 0.357 e. The molecule has 116 valence electrons. The van der Waals surface area contributed by atoms with Crippen LogP contribution in [0.1, 0.15) is 39.5 Å². The highest BCUT2D eigenvalue weighted by Gasteiger charge is 2.29. The van der Waals surface area contributed by atoms with Gasteiger partial charge in [-0.05, 0) is 38.5 Å². The van der Waals surface area contributed by atoms with E-state index in [4.69, 9.17) is 4.98 Å². The molecule has 2 saturated heterocycles. The minimum atomic E-state index is 0.501. The fourth-order valence-corrected chi connectivity index (χ4v) is 3.41. The van der Waals surface area contributed by atoms with Gasteiger partial charge in [-0.3, -0.25) is 0 Å². The molecular weight excluding hydrogens is 264 g/mol. The summed E-state index contributed by atoms with van der Waals surface area (Å²) in [6.07, 6.45) is 4.98. The van der Waals surface area contributed by atoms with Crippen molar-refractivity contribution >= 4 is 17.8 Å². The Balaban J connectivity index is 1.89. The lowest BCUT2D eigenvalue weighted by atomic mass is 10.1. The Morgan fingerprint density at radius 3 is 2.33 bits per heavy atom. The number of hydrogen-bond donors (Lipinski definition) is 1. The zero-order valence-electron chi connectivity index (χ0n) is 13.3. The summed E-state index contributed by atoms with van der Waals surface area (Å²) in [5, 5.41) is 3.08. The standard InChI is InChI=1S/C15H26N6/c1-11-9-12(2)21(10-11)15-18-13(16-3)17-14(19-15)20-7-5-4-6-8-20/h11-12H,4-10H2,1-3H3,(H,16,17,18,19). The number of rotatable bonds is 3. The van der Waals surface area contributed by atoms with Gasteiger partial charge in [-0.1, -0.05) is 6.92 Å². The summed E-state index contributed by atoms with van der Waals surface area (Å²) in [4.78, 5) is 18.5. The third kappa shape index (κ3) is 3.04. The summed E-state index contributed by atoms with van der Waals surface area (Å²) < 4.78 is 0. The summed E-state index contributed by atoms with van der Waals surface area (Å²) in [6.45, 7) is 7.69. The Labute approximate surface area is 127 Å². The second kappa shape index (κ2) is 6.03. The highest BCUT2D eigenvalue weighted by atomic mass is 15.4. The zero-order chi connectivity index (χ0) is 14.8. The monoisotopic (exact) mass is 290 g/mol. The van der Waals surface area contributed by atoms with Crippen LogP contribution in [0.3, 0.4) is 0 Å². The molecule has 0 radical (unpaired) electrons. The molecule has 6 heteroatoms. The molecule has 0 bridgehead atoms. The summed E-state index contributed by atoms with van der Waals surface area (Å²) in [5.41, 5.74) is 0. The summed E-state index contributed by atoms with van der Waals surface area (Å²) in [7, 11) is 1.87. The van der Waals surface area contributed by atoms with Gasteiger partial charge in [-0.2, -0.15) is 15.0 Å². The van der Waals surface area contributed by atoms with Crippen LogP contribution in [0, 0.1) is 5.92 Å². The van der Waals surface area contributed by atoms with Crippen molar-refractivity contribution in [1.29, 1.82) is 0 Å². The highest BCUT2D eigenvalue weighted by molar-refractivity contribution is 5.46. The molecule has 3 heterocycles. The van der Waals surface area contributed by atoms with Crippen molar-refractivity contribution in [2.24, 2.45) is 5.92 Å². The minimum Gasteiger partial charge on any atom is -0.357 e. The Bertz CT molecular complexity index is 485. The summed E-state index contributed by atoms with van der Waals surface area (Å²) >= 11 is 0. The number of piperidine rings is 1. The van der Waals surface area contributed by atoms with E-state index in [9.17, 15) is 0 Å². The molecule has 6 nitrogen and oxygen atoms in total. The van der Waals surface area contributed by atoms with Gasteiger partial charge in [0.15, 0.2) is 0 Å². The average molecular weight is 290 g/mol. The van der Waals surface area contributed by atoms with E-state index in [1.807, 2.05) is 7.05 Å². The first-order valence-electron chi connectivity index (χ1n) is 8.13. The zero-order valence-corrected chi connectivity index (χ0v) is 13.3. The number of nitrogens with zero attached hydrogens (tertiary/aromatic N) is 5. The Hall–Kier alpha value is -1.59. The maximum absolute atomic E-state index is 4.76. The molecule has 0 spiro atoms. The van der Waals surface area contributed by atoms with E-state index < -0.39 is 0 Å². The van der Waals surface area contributed by atoms with Crippen LogP contribution in [0.2, 0.25) is 0 Å². The van der Waals surface area contributed by atoms with Crippen molar-refractivity contribution in [3.63, 3.8) is 0 Å². The summed E-state index contributed by atoms with van der Waals surface area (Å²) in [6, 6.07) is 0.501. The van der Waals surface area contributed by atoms with Crippen LogP contribution >= 0.6 is 0 Å². The molecule has 21 heavy (non-hydrogen) atoms. The molecule has 1 aromatic heterocycles. The Kier molecular flexibility index (Phi) is 4.12. The first-order valence-corrected chi connectivity index (χ1v) is 8.13. The molecule has 2 atom stereocenters. The number of hydrogen-bond acceptors (Lipinski definition) is 6. The minimum absolute atomic E-state index is 0.501. The van der Waals surface area contributed by atoms with Crippen LogP contribution in [-0.2, 0) is 0 Å². The van der Waals surface area contributed by atoms with Crippen LogP contribution in [0.5, 0.6) is 0 Å². The molecule has 2 aliphatic rings. The predicted octanol–water partition coefficient (Wildman–Crippen LogP) is 2.14. The Morgan fingerprint density at radius 2 is 1.71 bits per heavy atom. The van der Waals surface area contributed by atoms with Gasteiger partial charge in [0.2, 0.25) is 17.8 Å². The second-order valence-electron chi connectivity index (χ2n) is 6.40. The van der Waals surface area contributed by atoms with E-state index >= 15 is 0 Å². The Morgan fingerprint density at radius 1 is 1.00 bits per heavy atom. The van der Waals surface area contributed by atoms with Gasteiger partial charge in [-0.25, -0.2) is 0 Å². The number of aromatic nitrogens is 3. The highest BCUT2D eigenvalue weighted by Crippen LogP contribution is 2.28. The van der Waals surface area contributed by atoms with Gasteiger partial charge >= 0.3 is 0 Å². The number of nitrogens with one attached hydrogen (secondary N) is 1. The fraction of sp³-hybridized carbons (Fsp3) is 0.800. The quantitative estimate of drug-likeness (QED) is 0.920. The lowest BCUT2D eigenvalue weighted by Gasteiger charge is -2.28. The second-order valence-corrected chi connectivity index (χ2v) is 6.40. The molecule has 0 saturated carbocycles. The van der Waals surface area contributed by atoms with Crippen molar-refractivity contribution in [3.8, 4) is 0 Å². The molecule has 0 amide bonds. The van der Waals surface area contributed by atoms with Gasteiger partial charge in [-0.15, -0.1) is 0 Å². The normalized spacial score (nSPS) is 26.2. The third-order valence-electron chi connectivity index (χ3n) is 4.52. The maximum Gasteiger partial charge on any atom is 0.232 e. The van der Waals surface area contributed by atoms with Gasteiger partial charge < -0.3 is 15.1 Å². The topological polar surface area (TPSA) is 57.2 Å². The van der Waals surface area contributed by atoms with E-state index in [2.05, 4.69) is 38.9 Å². The van der Waals surface area contributed by atoms with Gasteiger partial charge in [0.1, 0.15) is 0 Å². The van der Waals surface area contributed by atoms with Crippen LogP contribution < -0.4 is 15.1 Å². The van der Waals surface area contributed by atoms with Gasteiger partial charge in [0.25, 0.3) is 0 Å². The lowest BCUT2D eigenvalue weighted by Crippen LogP contribution is -2.33. The van der Waals surface area contributed by atoms with Gasteiger partial charge in [0, 0.05) is 32.7 Å². The van der Waals surface area contributed by atoms with Crippen molar-refractivity contribution in [3.05, 3.63) is 0 Å². The third-order valence-corrected chi connectivity index (χ3v) is 4.52. The molecular formula is C15H26N6. The van der Waals surface area contributed by atoms with E-state index in [0.717, 1.165) is 31.5 Å². The van der Waals surface area contributed by atoms with E-state index in [1.54, 1.807) is 0 Å². The molecule has 1 aromatic rings. The molecule has 2 fully saturated rings. The molecule has 0 aromatic carbocycles. The van der Waals surface area contributed by atoms with E-state index in [0.29, 0.717) is 17.9 Å².